The number of aryl methyl sites for hydroxylation is 1. The molecule has 0 spiro atoms. The van der Waals surface area contributed by atoms with Crippen LogP contribution in [-0.4, -0.2) is 10.9 Å². The molecule has 3 heteroatoms. The number of nitrogens with zero attached hydrogens (tertiary/aromatic N) is 1. The molecule has 22 heavy (non-hydrogen) atoms. The van der Waals surface area contributed by atoms with Gasteiger partial charge in [-0.15, -0.1) is 0 Å². The smallest absolute Gasteiger partial charge is 0.257 e. The molecule has 3 aromatic rings. The van der Waals surface area contributed by atoms with Gasteiger partial charge in [0.05, 0.1) is 0 Å². The van der Waals surface area contributed by atoms with Crippen molar-refractivity contribution in [3.63, 3.8) is 0 Å². The molecule has 1 heterocycles. The zero-order valence-corrected chi connectivity index (χ0v) is 12.3. The first-order valence-electron chi connectivity index (χ1n) is 7.12. The van der Waals surface area contributed by atoms with E-state index in [0.29, 0.717) is 11.4 Å². The van der Waals surface area contributed by atoms with Crippen LogP contribution in [0.25, 0.3) is 11.1 Å². The molecule has 3 rings (SSSR count). The Morgan fingerprint density at radius 3 is 2.45 bits per heavy atom. The highest BCUT2D eigenvalue weighted by Gasteiger charge is 2.12. The molecule has 0 aliphatic heterocycles. The number of rotatable bonds is 3. The SMILES string of the molecule is Cc1ccnc(NC(=O)c2ccccc2-c2ccccc2)c1. The standard InChI is InChI=1S/C19H16N2O/c1-14-11-12-20-18(13-14)21-19(22)17-10-6-5-9-16(17)15-7-3-2-4-8-15/h2-13H,1H3,(H,20,21,22). The molecule has 2 aromatic carbocycles. The minimum Gasteiger partial charge on any atom is -0.307 e. The van der Waals surface area contributed by atoms with Crippen molar-refractivity contribution in [1.29, 1.82) is 0 Å². The third-order valence-corrected chi connectivity index (χ3v) is 3.41. The Kier molecular flexibility index (Phi) is 3.97. The molecule has 1 N–H and O–H groups in total. The van der Waals surface area contributed by atoms with E-state index in [-0.39, 0.29) is 5.91 Å². The van der Waals surface area contributed by atoms with Gasteiger partial charge in [0, 0.05) is 11.8 Å². The van der Waals surface area contributed by atoms with E-state index in [1.54, 1.807) is 6.20 Å². The van der Waals surface area contributed by atoms with Gasteiger partial charge in [0.25, 0.3) is 5.91 Å². The lowest BCUT2D eigenvalue weighted by Crippen LogP contribution is -2.14. The third-order valence-electron chi connectivity index (χ3n) is 3.41. The summed E-state index contributed by atoms with van der Waals surface area (Å²) in [5.41, 5.74) is 3.62. The lowest BCUT2D eigenvalue weighted by molar-refractivity contribution is 0.102. The van der Waals surface area contributed by atoms with Crippen LogP contribution in [0.5, 0.6) is 0 Å². The van der Waals surface area contributed by atoms with Crippen molar-refractivity contribution in [3.8, 4) is 11.1 Å². The molecule has 0 atom stereocenters. The Bertz CT molecular complexity index is 797. The molecule has 3 nitrogen and oxygen atoms in total. The van der Waals surface area contributed by atoms with Crippen LogP contribution in [0.15, 0.2) is 72.9 Å². The Morgan fingerprint density at radius 2 is 1.68 bits per heavy atom. The Labute approximate surface area is 129 Å². The first kappa shape index (κ1) is 14.0. The van der Waals surface area contributed by atoms with Gasteiger partial charge in [0.1, 0.15) is 5.82 Å². The molecule has 0 aliphatic carbocycles. The molecule has 0 aliphatic rings. The molecule has 0 saturated heterocycles. The van der Waals surface area contributed by atoms with Gasteiger partial charge in [0.15, 0.2) is 0 Å². The maximum atomic E-state index is 12.6. The van der Waals surface area contributed by atoms with E-state index in [0.717, 1.165) is 16.7 Å². The topological polar surface area (TPSA) is 42.0 Å². The number of nitrogens with one attached hydrogen (secondary N) is 1. The molecular weight excluding hydrogens is 272 g/mol. The van der Waals surface area contributed by atoms with E-state index < -0.39 is 0 Å². The molecule has 0 fully saturated rings. The van der Waals surface area contributed by atoms with Crippen LogP contribution in [-0.2, 0) is 0 Å². The summed E-state index contributed by atoms with van der Waals surface area (Å²) in [6.07, 6.45) is 1.69. The molecule has 0 radical (unpaired) electrons. The van der Waals surface area contributed by atoms with Crippen LogP contribution < -0.4 is 5.32 Å². The summed E-state index contributed by atoms with van der Waals surface area (Å²) < 4.78 is 0. The number of hydrogen-bond acceptors (Lipinski definition) is 2. The fourth-order valence-electron chi connectivity index (χ4n) is 2.34. The van der Waals surface area contributed by atoms with Crippen LogP contribution in [0.2, 0.25) is 0 Å². The predicted molar refractivity (Wildman–Crippen MR) is 88.8 cm³/mol. The van der Waals surface area contributed by atoms with E-state index in [2.05, 4.69) is 10.3 Å². The normalized spacial score (nSPS) is 10.2. The number of aromatic nitrogens is 1. The van der Waals surface area contributed by atoms with Crippen LogP contribution in [0.3, 0.4) is 0 Å². The van der Waals surface area contributed by atoms with E-state index in [9.17, 15) is 4.79 Å². The van der Waals surface area contributed by atoms with Crippen LogP contribution >= 0.6 is 0 Å². The van der Waals surface area contributed by atoms with Gasteiger partial charge in [-0.2, -0.15) is 0 Å². The molecule has 1 amide bonds. The second-order valence-corrected chi connectivity index (χ2v) is 5.08. The average molecular weight is 288 g/mol. The minimum atomic E-state index is -0.155. The number of amides is 1. The van der Waals surface area contributed by atoms with Gasteiger partial charge in [-0.1, -0.05) is 48.5 Å². The summed E-state index contributed by atoms with van der Waals surface area (Å²) in [7, 11) is 0. The molecule has 108 valence electrons. The lowest BCUT2D eigenvalue weighted by atomic mass is 9.99. The van der Waals surface area contributed by atoms with Crippen LogP contribution in [0, 0.1) is 6.92 Å². The molecule has 0 saturated carbocycles. The number of carbonyl (C=O) groups excluding carboxylic acids is 1. The Morgan fingerprint density at radius 1 is 0.955 bits per heavy atom. The van der Waals surface area contributed by atoms with E-state index in [4.69, 9.17) is 0 Å². The van der Waals surface area contributed by atoms with Crippen molar-refractivity contribution in [2.75, 3.05) is 5.32 Å². The number of carbonyl (C=O) groups is 1. The predicted octanol–water partition coefficient (Wildman–Crippen LogP) is 4.31. The van der Waals surface area contributed by atoms with Crippen LogP contribution in [0.4, 0.5) is 5.82 Å². The summed E-state index contributed by atoms with van der Waals surface area (Å²) in [6.45, 7) is 1.97. The van der Waals surface area contributed by atoms with Crippen molar-refractivity contribution in [3.05, 3.63) is 84.1 Å². The fraction of sp³-hybridized carbons (Fsp3) is 0.0526. The van der Waals surface area contributed by atoms with Gasteiger partial charge in [-0.25, -0.2) is 4.98 Å². The lowest BCUT2D eigenvalue weighted by Gasteiger charge is -2.10. The van der Waals surface area contributed by atoms with Crippen molar-refractivity contribution >= 4 is 11.7 Å². The summed E-state index contributed by atoms with van der Waals surface area (Å²) in [4.78, 5) is 16.7. The van der Waals surface area contributed by atoms with Gasteiger partial charge >= 0.3 is 0 Å². The number of pyridine rings is 1. The molecule has 0 bridgehead atoms. The average Bonchev–Trinajstić information content (AvgIpc) is 2.56. The zero-order chi connectivity index (χ0) is 15.4. The molecule has 0 unspecified atom stereocenters. The van der Waals surface area contributed by atoms with Crippen LogP contribution in [0.1, 0.15) is 15.9 Å². The largest absolute Gasteiger partial charge is 0.307 e. The highest BCUT2D eigenvalue weighted by Crippen LogP contribution is 2.24. The highest BCUT2D eigenvalue weighted by molar-refractivity contribution is 6.08. The van der Waals surface area contributed by atoms with Gasteiger partial charge in [-0.3, -0.25) is 4.79 Å². The van der Waals surface area contributed by atoms with Gasteiger partial charge in [-0.05, 0) is 41.8 Å². The number of benzene rings is 2. The minimum absolute atomic E-state index is 0.155. The number of anilines is 1. The fourth-order valence-corrected chi connectivity index (χ4v) is 2.34. The monoisotopic (exact) mass is 288 g/mol. The first-order chi connectivity index (χ1) is 10.7. The first-order valence-corrected chi connectivity index (χ1v) is 7.12. The number of hydrogen-bond donors (Lipinski definition) is 1. The Balaban J connectivity index is 1.93. The summed E-state index contributed by atoms with van der Waals surface area (Å²) in [6, 6.07) is 21.2. The van der Waals surface area contributed by atoms with E-state index in [1.165, 1.54) is 0 Å². The zero-order valence-electron chi connectivity index (χ0n) is 12.3. The molecule has 1 aromatic heterocycles. The van der Waals surface area contributed by atoms with E-state index >= 15 is 0 Å². The molecular formula is C19H16N2O. The summed E-state index contributed by atoms with van der Waals surface area (Å²) >= 11 is 0. The Hall–Kier alpha value is -2.94. The second kappa shape index (κ2) is 6.22. The maximum absolute atomic E-state index is 12.6. The summed E-state index contributed by atoms with van der Waals surface area (Å²) in [5, 5.41) is 2.86. The van der Waals surface area contributed by atoms with Crippen molar-refractivity contribution < 1.29 is 4.79 Å². The quantitative estimate of drug-likeness (QED) is 0.780. The summed E-state index contributed by atoms with van der Waals surface area (Å²) in [5.74, 6) is 0.408. The van der Waals surface area contributed by atoms with Crippen molar-refractivity contribution in [2.24, 2.45) is 0 Å². The van der Waals surface area contributed by atoms with E-state index in [1.807, 2.05) is 73.7 Å². The highest BCUT2D eigenvalue weighted by atomic mass is 16.1. The van der Waals surface area contributed by atoms with Gasteiger partial charge < -0.3 is 5.32 Å². The van der Waals surface area contributed by atoms with Crippen molar-refractivity contribution in [2.45, 2.75) is 6.92 Å². The third kappa shape index (κ3) is 3.04. The maximum Gasteiger partial charge on any atom is 0.257 e. The second-order valence-electron chi connectivity index (χ2n) is 5.08. The van der Waals surface area contributed by atoms with Gasteiger partial charge in [0.2, 0.25) is 0 Å². The van der Waals surface area contributed by atoms with Crippen molar-refractivity contribution in [1.82, 2.24) is 4.98 Å².